The van der Waals surface area contributed by atoms with E-state index >= 15 is 0 Å². The molecule has 0 rings (SSSR count). The highest BCUT2D eigenvalue weighted by atomic mass is 16.4. The molecule has 0 saturated carbocycles. The molecule has 0 aromatic heterocycles. The number of aliphatic carboxylic acids is 1. The first-order chi connectivity index (χ1) is 16.6. The number of nitrogens with zero attached hydrogens (tertiary/aromatic N) is 1. The number of carboxylic acids is 1. The SMILES string of the molecule is CC(C)CC(NC(=O)C(CC(C)C)NC(=O)C(CCCN=C(N)N)NC(=O)C(N)CC(N)=O)C(=O)O. The van der Waals surface area contributed by atoms with Crippen molar-refractivity contribution in [2.45, 2.75) is 84.0 Å². The number of hydrogen-bond acceptors (Lipinski definition) is 7. The van der Waals surface area contributed by atoms with Crippen molar-refractivity contribution < 1.29 is 29.1 Å². The number of nitrogens with one attached hydrogen (secondary N) is 3. The Morgan fingerprint density at radius 2 is 1.25 bits per heavy atom. The zero-order valence-corrected chi connectivity index (χ0v) is 21.5. The van der Waals surface area contributed by atoms with Gasteiger partial charge in [-0.2, -0.15) is 0 Å². The molecule has 12 N–H and O–H groups in total. The largest absolute Gasteiger partial charge is 0.480 e. The first-order valence-electron chi connectivity index (χ1n) is 11.9. The van der Waals surface area contributed by atoms with E-state index in [0.29, 0.717) is 6.42 Å². The molecule has 0 aromatic rings. The molecule has 0 aliphatic rings. The monoisotopic (exact) mass is 514 g/mol. The van der Waals surface area contributed by atoms with E-state index in [1.165, 1.54) is 0 Å². The zero-order valence-electron chi connectivity index (χ0n) is 21.5. The van der Waals surface area contributed by atoms with Crippen LogP contribution in [0.4, 0.5) is 0 Å². The van der Waals surface area contributed by atoms with Crippen LogP contribution in [0.15, 0.2) is 4.99 Å². The Labute approximate surface area is 211 Å². The highest BCUT2D eigenvalue weighted by Crippen LogP contribution is 2.10. The van der Waals surface area contributed by atoms with Gasteiger partial charge in [0.05, 0.1) is 12.5 Å². The fraction of sp³-hybridized carbons (Fsp3) is 0.727. The summed E-state index contributed by atoms with van der Waals surface area (Å²) < 4.78 is 0. The molecule has 0 bridgehead atoms. The molecule has 14 nitrogen and oxygen atoms in total. The highest BCUT2D eigenvalue weighted by Gasteiger charge is 2.31. The van der Waals surface area contributed by atoms with E-state index in [1.54, 1.807) is 0 Å². The minimum absolute atomic E-state index is 0.0129. The van der Waals surface area contributed by atoms with Crippen LogP contribution in [0.5, 0.6) is 0 Å². The quantitative estimate of drug-likeness (QED) is 0.0598. The summed E-state index contributed by atoms with van der Waals surface area (Å²) in [6, 6.07) is -4.56. The van der Waals surface area contributed by atoms with Gasteiger partial charge in [-0.25, -0.2) is 4.79 Å². The summed E-state index contributed by atoms with van der Waals surface area (Å²) in [5, 5.41) is 17.0. The number of hydrogen-bond donors (Lipinski definition) is 8. The molecule has 0 fully saturated rings. The molecule has 36 heavy (non-hydrogen) atoms. The lowest BCUT2D eigenvalue weighted by molar-refractivity contribution is -0.143. The molecular formula is C22H42N8O6. The molecule has 206 valence electrons. The zero-order chi connectivity index (χ0) is 28.0. The maximum Gasteiger partial charge on any atom is 0.326 e. The maximum atomic E-state index is 13.1. The lowest BCUT2D eigenvalue weighted by atomic mass is 10.00. The summed E-state index contributed by atoms with van der Waals surface area (Å²) >= 11 is 0. The second-order valence-electron chi connectivity index (χ2n) is 9.51. The van der Waals surface area contributed by atoms with Gasteiger partial charge < -0.3 is 44.0 Å². The molecule has 0 aromatic carbocycles. The van der Waals surface area contributed by atoms with Crippen molar-refractivity contribution in [1.29, 1.82) is 0 Å². The van der Waals surface area contributed by atoms with Gasteiger partial charge in [-0.15, -0.1) is 0 Å². The van der Waals surface area contributed by atoms with Crippen molar-refractivity contribution in [3.05, 3.63) is 0 Å². The van der Waals surface area contributed by atoms with Crippen LogP contribution in [0, 0.1) is 11.8 Å². The Hall–Kier alpha value is -3.42. The average molecular weight is 515 g/mol. The number of carbonyl (C=O) groups excluding carboxylic acids is 4. The number of carbonyl (C=O) groups is 5. The molecule has 14 heteroatoms. The van der Waals surface area contributed by atoms with Crippen LogP contribution < -0.4 is 38.9 Å². The van der Waals surface area contributed by atoms with Crippen molar-refractivity contribution in [2.75, 3.05) is 6.54 Å². The normalized spacial score (nSPS) is 14.3. The minimum Gasteiger partial charge on any atom is -0.480 e. The van der Waals surface area contributed by atoms with Gasteiger partial charge in [0.25, 0.3) is 0 Å². The fourth-order valence-corrected chi connectivity index (χ4v) is 3.30. The van der Waals surface area contributed by atoms with Gasteiger partial charge in [-0.05, 0) is 37.5 Å². The summed E-state index contributed by atoms with van der Waals surface area (Å²) in [7, 11) is 0. The van der Waals surface area contributed by atoms with Crippen molar-refractivity contribution in [3.63, 3.8) is 0 Å². The first-order valence-corrected chi connectivity index (χ1v) is 11.9. The Morgan fingerprint density at radius 3 is 1.72 bits per heavy atom. The maximum absolute atomic E-state index is 13.1. The molecular weight excluding hydrogens is 472 g/mol. The molecule has 0 aliphatic carbocycles. The van der Waals surface area contributed by atoms with Gasteiger partial charge in [-0.1, -0.05) is 27.7 Å². The number of rotatable bonds is 17. The first kappa shape index (κ1) is 32.6. The molecule has 0 spiro atoms. The summed E-state index contributed by atoms with van der Waals surface area (Å²) in [5.41, 5.74) is 21.4. The molecule has 0 radical (unpaired) electrons. The topological polar surface area (TPSA) is 258 Å². The molecule has 0 saturated heterocycles. The number of nitrogens with two attached hydrogens (primary N) is 4. The fourth-order valence-electron chi connectivity index (χ4n) is 3.30. The van der Waals surface area contributed by atoms with Gasteiger partial charge in [0, 0.05) is 6.54 Å². The highest BCUT2D eigenvalue weighted by molar-refractivity contribution is 5.95. The van der Waals surface area contributed by atoms with Crippen LogP contribution in [0.2, 0.25) is 0 Å². The number of primary amides is 1. The Bertz CT molecular complexity index is 797. The van der Waals surface area contributed by atoms with Crippen molar-refractivity contribution >= 4 is 35.6 Å². The van der Waals surface area contributed by atoms with Crippen LogP contribution in [0.25, 0.3) is 0 Å². The van der Waals surface area contributed by atoms with E-state index in [2.05, 4.69) is 20.9 Å². The van der Waals surface area contributed by atoms with Gasteiger partial charge in [0.2, 0.25) is 23.6 Å². The number of amides is 4. The van der Waals surface area contributed by atoms with Gasteiger partial charge in [-0.3, -0.25) is 24.2 Å². The van der Waals surface area contributed by atoms with E-state index in [9.17, 15) is 29.1 Å². The van der Waals surface area contributed by atoms with Crippen molar-refractivity contribution in [3.8, 4) is 0 Å². The minimum atomic E-state index is -1.27. The average Bonchev–Trinajstić information content (AvgIpc) is 2.73. The van der Waals surface area contributed by atoms with E-state index in [1.807, 2.05) is 27.7 Å². The smallest absolute Gasteiger partial charge is 0.326 e. The third-order valence-corrected chi connectivity index (χ3v) is 5.00. The second kappa shape index (κ2) is 16.3. The predicted molar refractivity (Wildman–Crippen MR) is 134 cm³/mol. The standard InChI is InChI=1S/C22H42N8O6/c1-11(2)8-15(20(34)30-16(21(35)36)9-12(3)4)29-19(33)14(6-5-7-27-22(25)26)28-18(32)13(23)10-17(24)31/h11-16H,5-10,23H2,1-4H3,(H2,24,31)(H,28,32)(H,29,33)(H,30,34)(H,35,36)(H4,25,26,27). The third kappa shape index (κ3) is 14.1. The van der Waals surface area contributed by atoms with Crippen LogP contribution in [0.3, 0.4) is 0 Å². The Balaban J connectivity index is 5.63. The summed E-state index contributed by atoms with van der Waals surface area (Å²) in [4.78, 5) is 65.0. The number of aliphatic imine (C=N–C) groups is 1. The molecule has 4 atom stereocenters. The van der Waals surface area contributed by atoms with Gasteiger partial charge in [0.1, 0.15) is 18.1 Å². The van der Waals surface area contributed by atoms with Crippen LogP contribution in [-0.4, -0.2) is 71.4 Å². The summed E-state index contributed by atoms with van der Waals surface area (Å²) in [6.07, 6.45) is 0.418. The molecule has 4 amide bonds. The van der Waals surface area contributed by atoms with Gasteiger partial charge >= 0.3 is 5.97 Å². The Morgan fingerprint density at radius 1 is 0.778 bits per heavy atom. The predicted octanol–water partition coefficient (Wildman–Crippen LogP) is -2.13. The molecule has 0 heterocycles. The molecule has 0 aliphatic heterocycles. The second-order valence-corrected chi connectivity index (χ2v) is 9.51. The van der Waals surface area contributed by atoms with E-state index in [-0.39, 0.29) is 43.6 Å². The Kier molecular flexibility index (Phi) is 14.7. The van der Waals surface area contributed by atoms with E-state index in [0.717, 1.165) is 0 Å². The van der Waals surface area contributed by atoms with Crippen LogP contribution in [-0.2, 0) is 24.0 Å². The lowest BCUT2D eigenvalue weighted by Crippen LogP contribution is -2.57. The summed E-state index contributed by atoms with van der Waals surface area (Å²) in [6.45, 7) is 7.52. The van der Waals surface area contributed by atoms with Crippen LogP contribution in [0.1, 0.15) is 59.8 Å². The van der Waals surface area contributed by atoms with Crippen molar-refractivity contribution in [2.24, 2.45) is 39.8 Å². The number of guanidine groups is 1. The van der Waals surface area contributed by atoms with Gasteiger partial charge in [0.15, 0.2) is 5.96 Å². The number of carboxylic acid groups (broad SMARTS) is 1. The lowest BCUT2D eigenvalue weighted by Gasteiger charge is -2.26. The summed E-state index contributed by atoms with van der Waals surface area (Å²) in [5.74, 6) is -4.21. The van der Waals surface area contributed by atoms with Crippen molar-refractivity contribution in [1.82, 2.24) is 16.0 Å². The molecule has 4 unspecified atom stereocenters. The van der Waals surface area contributed by atoms with E-state index < -0.39 is 60.2 Å². The third-order valence-electron chi connectivity index (χ3n) is 5.00. The van der Waals surface area contributed by atoms with E-state index in [4.69, 9.17) is 22.9 Å². The van der Waals surface area contributed by atoms with Crippen LogP contribution >= 0.6 is 0 Å².